The molecule has 0 bridgehead atoms. The average Bonchev–Trinajstić information content (AvgIpc) is 2.08. The summed E-state index contributed by atoms with van der Waals surface area (Å²) in [6.45, 7) is 0. The van der Waals surface area contributed by atoms with Crippen LogP contribution in [-0.4, -0.2) is 16.3 Å². The van der Waals surface area contributed by atoms with Crippen LogP contribution < -0.4 is 5.73 Å². The number of nitrogens with zero attached hydrogens (tertiary/aromatic N) is 2. The van der Waals surface area contributed by atoms with Gasteiger partial charge in [0.25, 0.3) is 5.69 Å². The van der Waals surface area contributed by atoms with E-state index in [1.165, 1.54) is 18.2 Å². The van der Waals surface area contributed by atoms with Crippen molar-refractivity contribution in [2.75, 3.05) is 5.73 Å². The summed E-state index contributed by atoms with van der Waals surface area (Å²) in [5.41, 5.74) is 5.67. The number of benzene rings is 1. The molecule has 1 aromatic carbocycles. The van der Waals surface area contributed by atoms with Crippen LogP contribution in [0.3, 0.4) is 0 Å². The molecule has 0 atom stereocenters. The zero-order chi connectivity index (χ0) is 9.84. The Morgan fingerprint density at radius 3 is 2.85 bits per heavy atom. The van der Waals surface area contributed by atoms with E-state index in [0.29, 0.717) is 5.69 Å². The molecule has 0 saturated heterocycles. The average molecular weight is 181 g/mol. The van der Waals surface area contributed by atoms with Gasteiger partial charge in [-0.2, -0.15) is 0 Å². The van der Waals surface area contributed by atoms with Crippen LogP contribution in [0.15, 0.2) is 23.4 Å². The molecule has 1 aromatic rings. The van der Waals surface area contributed by atoms with E-state index in [9.17, 15) is 10.1 Å². The molecule has 3 N–H and O–H groups in total. The second kappa shape index (κ2) is 3.53. The summed E-state index contributed by atoms with van der Waals surface area (Å²) in [6, 6.07) is 4.11. The van der Waals surface area contributed by atoms with E-state index in [4.69, 9.17) is 10.9 Å². The molecule has 0 saturated carbocycles. The van der Waals surface area contributed by atoms with E-state index in [1.807, 2.05) is 0 Å². The second-order valence-electron chi connectivity index (χ2n) is 2.32. The Bertz CT molecular complexity index is 362. The molecule has 6 heteroatoms. The minimum Gasteiger partial charge on any atom is -0.411 e. The largest absolute Gasteiger partial charge is 0.411 e. The maximum absolute atomic E-state index is 10.5. The first-order valence-corrected chi connectivity index (χ1v) is 3.36. The number of hydrogen-bond donors (Lipinski definition) is 2. The van der Waals surface area contributed by atoms with Gasteiger partial charge >= 0.3 is 0 Å². The zero-order valence-corrected chi connectivity index (χ0v) is 6.54. The number of oxime groups is 1. The Labute approximate surface area is 73.4 Å². The molecule has 0 aliphatic rings. The number of nitro groups is 1. The van der Waals surface area contributed by atoms with Gasteiger partial charge in [-0.3, -0.25) is 10.1 Å². The van der Waals surface area contributed by atoms with Crippen molar-refractivity contribution in [3.8, 4) is 0 Å². The molecular weight excluding hydrogens is 174 g/mol. The van der Waals surface area contributed by atoms with Crippen molar-refractivity contribution in [1.82, 2.24) is 0 Å². The third kappa shape index (κ3) is 1.92. The van der Waals surface area contributed by atoms with Gasteiger partial charge in [-0.05, 0) is 12.1 Å². The highest BCUT2D eigenvalue weighted by molar-refractivity contribution is 5.85. The molecule has 0 unspecified atom stereocenters. The summed E-state index contributed by atoms with van der Waals surface area (Å²) >= 11 is 0. The van der Waals surface area contributed by atoms with Crippen molar-refractivity contribution in [1.29, 1.82) is 0 Å². The van der Waals surface area contributed by atoms with Crippen molar-refractivity contribution in [2.24, 2.45) is 5.16 Å². The normalized spacial score (nSPS) is 10.5. The maximum atomic E-state index is 10.5. The highest BCUT2D eigenvalue weighted by Gasteiger charge is 2.11. The standard InChI is InChI=1S/C7H7N3O3/c8-6-2-1-5(4-9-11)7(3-6)10(12)13/h1-4,11H,8H2. The van der Waals surface area contributed by atoms with Crippen LogP contribution in [0.2, 0.25) is 0 Å². The fourth-order valence-corrected chi connectivity index (χ4v) is 0.890. The number of nitrogens with two attached hydrogens (primary N) is 1. The van der Waals surface area contributed by atoms with Gasteiger partial charge in [-0.15, -0.1) is 0 Å². The van der Waals surface area contributed by atoms with E-state index >= 15 is 0 Å². The maximum Gasteiger partial charge on any atom is 0.280 e. The predicted octanol–water partition coefficient (Wildman–Crippen LogP) is 0.985. The summed E-state index contributed by atoms with van der Waals surface area (Å²) in [5.74, 6) is 0. The molecule has 0 aliphatic heterocycles. The number of nitro benzene ring substituents is 1. The monoisotopic (exact) mass is 181 g/mol. The minimum atomic E-state index is -0.590. The highest BCUT2D eigenvalue weighted by atomic mass is 16.6. The van der Waals surface area contributed by atoms with E-state index in [-0.39, 0.29) is 11.3 Å². The highest BCUT2D eigenvalue weighted by Crippen LogP contribution is 2.19. The summed E-state index contributed by atoms with van der Waals surface area (Å²) in [6.07, 6.45) is 0.984. The smallest absolute Gasteiger partial charge is 0.280 e. The zero-order valence-electron chi connectivity index (χ0n) is 6.54. The Balaban J connectivity index is 3.26. The first kappa shape index (κ1) is 8.98. The first-order chi connectivity index (χ1) is 6.15. The van der Waals surface area contributed by atoms with Crippen molar-refractivity contribution in [2.45, 2.75) is 0 Å². The van der Waals surface area contributed by atoms with E-state index < -0.39 is 4.92 Å². The lowest BCUT2D eigenvalue weighted by Crippen LogP contribution is -1.96. The van der Waals surface area contributed by atoms with Crippen molar-refractivity contribution >= 4 is 17.6 Å². The fourth-order valence-electron chi connectivity index (χ4n) is 0.890. The molecule has 0 amide bonds. The van der Waals surface area contributed by atoms with Gasteiger partial charge in [0.05, 0.1) is 16.7 Å². The van der Waals surface area contributed by atoms with Crippen LogP contribution in [0.5, 0.6) is 0 Å². The third-order valence-electron chi connectivity index (χ3n) is 1.45. The predicted molar refractivity (Wildman–Crippen MR) is 46.9 cm³/mol. The topological polar surface area (TPSA) is 102 Å². The van der Waals surface area contributed by atoms with Crippen LogP contribution in [0.25, 0.3) is 0 Å². The summed E-state index contributed by atoms with van der Waals surface area (Å²) in [4.78, 5) is 9.87. The number of hydrogen-bond acceptors (Lipinski definition) is 5. The summed E-state index contributed by atoms with van der Waals surface area (Å²) in [5, 5.41) is 21.4. The molecule has 68 valence electrons. The lowest BCUT2D eigenvalue weighted by Gasteiger charge is -1.97. The van der Waals surface area contributed by atoms with Crippen LogP contribution in [0.1, 0.15) is 5.56 Å². The van der Waals surface area contributed by atoms with Gasteiger partial charge in [-0.25, -0.2) is 0 Å². The summed E-state index contributed by atoms with van der Waals surface area (Å²) < 4.78 is 0. The quantitative estimate of drug-likeness (QED) is 0.233. The first-order valence-electron chi connectivity index (χ1n) is 3.36. The molecule has 6 nitrogen and oxygen atoms in total. The van der Waals surface area contributed by atoms with Crippen molar-refractivity contribution in [3.05, 3.63) is 33.9 Å². The van der Waals surface area contributed by atoms with Crippen LogP contribution in [0, 0.1) is 10.1 Å². The Morgan fingerprint density at radius 1 is 1.62 bits per heavy atom. The Morgan fingerprint density at radius 2 is 2.31 bits per heavy atom. The van der Waals surface area contributed by atoms with Gasteiger partial charge in [0.1, 0.15) is 0 Å². The minimum absolute atomic E-state index is 0.183. The molecule has 0 aromatic heterocycles. The fraction of sp³-hybridized carbons (Fsp3) is 0. The molecule has 0 radical (unpaired) electrons. The second-order valence-corrected chi connectivity index (χ2v) is 2.32. The number of rotatable bonds is 2. The van der Waals surface area contributed by atoms with Gasteiger partial charge in [0.15, 0.2) is 0 Å². The molecular formula is C7H7N3O3. The van der Waals surface area contributed by atoms with Gasteiger partial charge in [-0.1, -0.05) is 5.16 Å². The van der Waals surface area contributed by atoms with Crippen molar-refractivity contribution in [3.63, 3.8) is 0 Å². The number of nitrogen functional groups attached to an aromatic ring is 1. The lowest BCUT2D eigenvalue weighted by atomic mass is 10.2. The number of anilines is 1. The van der Waals surface area contributed by atoms with E-state index in [1.54, 1.807) is 0 Å². The third-order valence-corrected chi connectivity index (χ3v) is 1.45. The Hall–Kier alpha value is -2.11. The molecule has 0 aliphatic carbocycles. The molecule has 13 heavy (non-hydrogen) atoms. The van der Waals surface area contributed by atoms with Crippen LogP contribution >= 0.6 is 0 Å². The van der Waals surface area contributed by atoms with Crippen LogP contribution in [-0.2, 0) is 0 Å². The van der Waals surface area contributed by atoms with Gasteiger partial charge in [0.2, 0.25) is 0 Å². The SMILES string of the molecule is Nc1ccc(C=NO)c([N+](=O)[O-])c1. The molecule has 0 fully saturated rings. The molecule has 1 rings (SSSR count). The van der Waals surface area contributed by atoms with E-state index in [0.717, 1.165) is 6.21 Å². The molecule has 0 heterocycles. The van der Waals surface area contributed by atoms with Gasteiger partial charge < -0.3 is 10.9 Å². The van der Waals surface area contributed by atoms with E-state index in [2.05, 4.69) is 5.16 Å². The molecule has 0 spiro atoms. The summed E-state index contributed by atoms with van der Waals surface area (Å²) in [7, 11) is 0. The van der Waals surface area contributed by atoms with Gasteiger partial charge in [0, 0.05) is 11.8 Å². The van der Waals surface area contributed by atoms with Crippen LogP contribution in [0.4, 0.5) is 11.4 Å². The van der Waals surface area contributed by atoms with Crippen molar-refractivity contribution < 1.29 is 10.1 Å². The lowest BCUT2D eigenvalue weighted by molar-refractivity contribution is -0.384. The Kier molecular flexibility index (Phi) is 2.44.